The number of sulfonamides is 1. The molecule has 2 aromatic rings. The van der Waals surface area contributed by atoms with Crippen LogP contribution in [-0.2, 0) is 10.0 Å². The Morgan fingerprint density at radius 1 is 1.38 bits per heavy atom. The Balaban J connectivity index is 2.35. The van der Waals surface area contributed by atoms with Gasteiger partial charge in [0.05, 0.1) is 17.4 Å². The number of para-hydroxylation sites is 1. The van der Waals surface area contributed by atoms with Gasteiger partial charge in [0.15, 0.2) is 0 Å². The molecule has 0 aliphatic carbocycles. The topological polar surface area (TPSA) is 117 Å². The quantitative estimate of drug-likeness (QED) is 0.704. The van der Waals surface area contributed by atoms with Crippen LogP contribution in [0.3, 0.4) is 0 Å². The second-order valence-corrected chi connectivity index (χ2v) is 6.86. The van der Waals surface area contributed by atoms with Crippen LogP contribution >= 0.6 is 0 Å². The van der Waals surface area contributed by atoms with Gasteiger partial charge in [0.2, 0.25) is 10.0 Å². The Morgan fingerprint density at radius 2 is 2.10 bits per heavy atom. The van der Waals surface area contributed by atoms with E-state index in [0.717, 1.165) is 4.31 Å². The van der Waals surface area contributed by atoms with Gasteiger partial charge in [-0.15, -0.1) is 0 Å². The van der Waals surface area contributed by atoms with Gasteiger partial charge in [0, 0.05) is 14.1 Å². The minimum atomic E-state index is -3.59. The highest BCUT2D eigenvalue weighted by molar-refractivity contribution is 7.89. The normalized spacial score (nSPS) is 13.3. The number of nitrogen functional groups attached to an aromatic ring is 1. The molecule has 1 aromatic carbocycles. The highest BCUT2D eigenvalue weighted by Crippen LogP contribution is 2.30. The summed E-state index contributed by atoms with van der Waals surface area (Å²) in [6.07, 6.45) is 1.41. The Hall–Kier alpha value is -2.13. The minimum absolute atomic E-state index is 0.0715. The number of anilines is 2. The molecule has 4 N–H and O–H groups in total. The molecule has 9 heteroatoms. The molecular formula is C12H18N6O2S. The van der Waals surface area contributed by atoms with Crippen molar-refractivity contribution in [2.45, 2.75) is 17.9 Å². The molecule has 8 nitrogen and oxygen atoms in total. The number of hydrogen-bond acceptors (Lipinski definition) is 6. The van der Waals surface area contributed by atoms with Gasteiger partial charge in [-0.05, 0) is 19.1 Å². The summed E-state index contributed by atoms with van der Waals surface area (Å²) in [5.74, 6) is 0.635. The van der Waals surface area contributed by atoms with E-state index in [1.54, 1.807) is 12.1 Å². The van der Waals surface area contributed by atoms with E-state index in [4.69, 9.17) is 5.73 Å². The third-order valence-corrected chi connectivity index (χ3v) is 4.91. The zero-order valence-corrected chi connectivity index (χ0v) is 12.8. The van der Waals surface area contributed by atoms with Gasteiger partial charge in [-0.2, -0.15) is 5.10 Å². The van der Waals surface area contributed by atoms with Crippen molar-refractivity contribution in [1.82, 2.24) is 19.5 Å². The average molecular weight is 310 g/mol. The summed E-state index contributed by atoms with van der Waals surface area (Å²) < 4.78 is 25.5. The molecule has 1 unspecified atom stereocenters. The van der Waals surface area contributed by atoms with E-state index in [0.29, 0.717) is 11.5 Å². The predicted molar refractivity (Wildman–Crippen MR) is 80.1 cm³/mol. The number of hydrogen-bond donors (Lipinski definition) is 3. The molecule has 0 radical (unpaired) electrons. The van der Waals surface area contributed by atoms with Gasteiger partial charge in [-0.1, -0.05) is 6.07 Å². The van der Waals surface area contributed by atoms with Crippen molar-refractivity contribution in [3.05, 3.63) is 30.4 Å². The summed E-state index contributed by atoms with van der Waals surface area (Å²) >= 11 is 0. The molecule has 1 heterocycles. The Labute approximate surface area is 123 Å². The van der Waals surface area contributed by atoms with Crippen molar-refractivity contribution < 1.29 is 8.42 Å². The van der Waals surface area contributed by atoms with E-state index in [2.05, 4.69) is 20.5 Å². The number of H-pyrrole nitrogens is 1. The fourth-order valence-electron chi connectivity index (χ4n) is 1.82. The summed E-state index contributed by atoms with van der Waals surface area (Å²) in [6.45, 7) is 1.87. The van der Waals surface area contributed by atoms with Crippen LogP contribution < -0.4 is 11.1 Å². The molecule has 1 aromatic heterocycles. The van der Waals surface area contributed by atoms with E-state index in [-0.39, 0.29) is 16.6 Å². The molecule has 1 atom stereocenters. The lowest BCUT2D eigenvalue weighted by Crippen LogP contribution is -2.23. The number of aromatic amines is 1. The van der Waals surface area contributed by atoms with E-state index >= 15 is 0 Å². The van der Waals surface area contributed by atoms with Gasteiger partial charge < -0.3 is 11.1 Å². The predicted octanol–water partition coefficient (Wildman–Crippen LogP) is 0.810. The van der Waals surface area contributed by atoms with E-state index < -0.39 is 10.0 Å². The second kappa shape index (κ2) is 5.70. The standard InChI is InChI=1S/C12H18N6O2S/c1-8(12-14-7-15-17-12)16-9-5-4-6-10(11(9)13)21(19,20)18(2)3/h4-8,16H,13H2,1-3H3,(H,14,15,17). The highest BCUT2D eigenvalue weighted by Gasteiger charge is 2.22. The maximum atomic E-state index is 12.2. The molecule has 0 saturated carbocycles. The summed E-state index contributed by atoms with van der Waals surface area (Å²) in [6, 6.07) is 4.65. The lowest BCUT2D eigenvalue weighted by molar-refractivity contribution is 0.521. The fraction of sp³-hybridized carbons (Fsp3) is 0.333. The van der Waals surface area contributed by atoms with Gasteiger partial charge in [0.1, 0.15) is 17.0 Å². The van der Waals surface area contributed by atoms with Crippen molar-refractivity contribution >= 4 is 21.4 Å². The molecular weight excluding hydrogens is 292 g/mol. The maximum Gasteiger partial charge on any atom is 0.244 e. The number of aromatic nitrogens is 3. The Bertz CT molecular complexity index is 711. The van der Waals surface area contributed by atoms with Crippen molar-refractivity contribution in [2.24, 2.45) is 0 Å². The molecule has 0 fully saturated rings. The molecule has 0 spiro atoms. The number of nitrogens with two attached hydrogens (primary N) is 1. The van der Waals surface area contributed by atoms with Crippen LogP contribution in [0.2, 0.25) is 0 Å². The number of nitrogens with one attached hydrogen (secondary N) is 2. The van der Waals surface area contributed by atoms with Crippen LogP contribution in [-0.4, -0.2) is 42.0 Å². The zero-order chi connectivity index (χ0) is 15.6. The highest BCUT2D eigenvalue weighted by atomic mass is 32.2. The SMILES string of the molecule is CC(Nc1cccc(S(=O)(=O)N(C)C)c1N)c1ncn[nH]1. The first-order valence-corrected chi connectivity index (χ1v) is 7.71. The van der Waals surface area contributed by atoms with Crippen molar-refractivity contribution in [2.75, 3.05) is 25.1 Å². The first kappa shape index (κ1) is 15.3. The van der Waals surface area contributed by atoms with Gasteiger partial charge >= 0.3 is 0 Å². The molecule has 0 bridgehead atoms. The lowest BCUT2D eigenvalue weighted by atomic mass is 10.2. The molecule has 0 amide bonds. The van der Waals surface area contributed by atoms with Crippen LogP contribution in [0.1, 0.15) is 18.8 Å². The van der Waals surface area contributed by atoms with Gasteiger partial charge in [-0.3, -0.25) is 5.10 Å². The van der Waals surface area contributed by atoms with Gasteiger partial charge in [-0.25, -0.2) is 17.7 Å². The first-order chi connectivity index (χ1) is 9.84. The lowest BCUT2D eigenvalue weighted by Gasteiger charge is -2.18. The molecule has 0 aliphatic rings. The zero-order valence-electron chi connectivity index (χ0n) is 12.0. The largest absolute Gasteiger partial charge is 0.396 e. The maximum absolute atomic E-state index is 12.2. The van der Waals surface area contributed by atoms with Crippen LogP contribution in [0.5, 0.6) is 0 Å². The smallest absolute Gasteiger partial charge is 0.244 e. The van der Waals surface area contributed by atoms with Crippen LogP contribution in [0.25, 0.3) is 0 Å². The molecule has 2 rings (SSSR count). The monoisotopic (exact) mass is 310 g/mol. The number of rotatable bonds is 5. The Morgan fingerprint density at radius 3 is 2.67 bits per heavy atom. The first-order valence-electron chi connectivity index (χ1n) is 6.27. The number of nitrogens with zero attached hydrogens (tertiary/aromatic N) is 3. The van der Waals surface area contributed by atoms with Crippen molar-refractivity contribution in [3.8, 4) is 0 Å². The van der Waals surface area contributed by atoms with Crippen molar-refractivity contribution in [3.63, 3.8) is 0 Å². The van der Waals surface area contributed by atoms with E-state index in [9.17, 15) is 8.42 Å². The molecule has 0 aliphatic heterocycles. The van der Waals surface area contributed by atoms with Crippen LogP contribution in [0, 0.1) is 0 Å². The summed E-state index contributed by atoms with van der Waals surface area (Å²) in [5.41, 5.74) is 6.70. The third kappa shape index (κ3) is 2.98. The summed E-state index contributed by atoms with van der Waals surface area (Å²) in [7, 11) is -0.659. The minimum Gasteiger partial charge on any atom is -0.396 e. The molecule has 114 valence electrons. The average Bonchev–Trinajstić information content (AvgIpc) is 2.94. The third-order valence-electron chi connectivity index (χ3n) is 3.04. The Kier molecular flexibility index (Phi) is 4.14. The van der Waals surface area contributed by atoms with E-state index in [1.165, 1.54) is 26.5 Å². The van der Waals surface area contributed by atoms with Gasteiger partial charge in [0.25, 0.3) is 0 Å². The summed E-state index contributed by atoms with van der Waals surface area (Å²) in [4.78, 5) is 4.12. The fourth-order valence-corrected chi connectivity index (χ4v) is 2.85. The van der Waals surface area contributed by atoms with E-state index in [1.807, 2.05) is 6.92 Å². The second-order valence-electron chi connectivity index (χ2n) is 4.74. The van der Waals surface area contributed by atoms with Crippen molar-refractivity contribution in [1.29, 1.82) is 0 Å². The molecule has 0 saturated heterocycles. The van der Waals surface area contributed by atoms with Crippen LogP contribution in [0.15, 0.2) is 29.4 Å². The van der Waals surface area contributed by atoms with Crippen LogP contribution in [0.4, 0.5) is 11.4 Å². The number of benzene rings is 1. The molecule has 21 heavy (non-hydrogen) atoms. The summed E-state index contributed by atoms with van der Waals surface area (Å²) in [5, 5.41) is 9.65.